The Labute approximate surface area is 385 Å². The number of fused-ring (bicyclic) bond motifs is 2. The molecule has 9 heterocycles. The number of halogens is 2. The summed E-state index contributed by atoms with van der Waals surface area (Å²) in [7, 11) is 1.93. The van der Waals surface area contributed by atoms with Crippen molar-refractivity contribution < 1.29 is 47.3 Å². The number of alkyl halides is 2. The topological polar surface area (TPSA) is 283 Å². The van der Waals surface area contributed by atoms with Crippen LogP contribution in [0.5, 0.6) is 0 Å². The molecule has 0 spiro atoms. The Hall–Kier alpha value is -7.45. The zero-order valence-electron chi connectivity index (χ0n) is 36.5. The SMILES string of the molecule is CN1CCN(c2nc3nc(NCCO)oc3cc2C(=O)Nc2cccc(-c3cnn(COCCNc4nc5nc(N6CC[C@@H](O)C6)c(C(=O)Nc6cccc(C(F)F)n6)cc5o4)c3)n2)CC1CO. The number of likely N-dealkylation sites (N-methyl/N-ethyl adjacent to an activating group) is 1. The first-order valence-electron chi connectivity index (χ1n) is 21.7. The highest BCUT2D eigenvalue weighted by atomic mass is 19.3. The van der Waals surface area contributed by atoms with Crippen molar-refractivity contribution in [2.24, 2.45) is 0 Å². The zero-order valence-corrected chi connectivity index (χ0v) is 36.5. The summed E-state index contributed by atoms with van der Waals surface area (Å²) < 4.78 is 45.6. The van der Waals surface area contributed by atoms with Crippen molar-refractivity contribution in [1.29, 1.82) is 0 Å². The van der Waals surface area contributed by atoms with Gasteiger partial charge in [0.15, 0.2) is 11.2 Å². The molecule has 356 valence electrons. The first-order chi connectivity index (χ1) is 33.0. The summed E-state index contributed by atoms with van der Waals surface area (Å²) in [6.07, 6.45) is 0.405. The molecule has 2 atom stereocenters. The largest absolute Gasteiger partial charge is 0.422 e. The lowest BCUT2D eigenvalue weighted by Gasteiger charge is -2.39. The standard InChI is InChI=1S/C43H47F2N15O8/c1-57-12-13-59(20-25(57)22-62)39-28(17-31-37(54-39)55-42(67-31)46-9-14-61)41(65)51-33-6-2-4-29(49-33)24-18-48-60(19-24)23-66-15-10-47-43-56-36-32(68-43)16-27(38(53-36)58-11-8-26(63)21-58)40(64)52-34-7-3-5-30(50-34)35(44)45/h2-7,16-19,25-26,35,61-63H,8-15,20-23H2,1H3,(H,46,54,55)(H,47,53,56)(H,49,51,65)(H,50,52,64)/t25?,26-/m1/s1. The van der Waals surface area contributed by atoms with Crippen molar-refractivity contribution in [2.45, 2.75) is 31.7 Å². The zero-order chi connectivity index (χ0) is 47.3. The molecule has 2 fully saturated rings. The Bertz CT molecular complexity index is 2910. The van der Waals surface area contributed by atoms with E-state index >= 15 is 0 Å². The maximum atomic E-state index is 14.0. The van der Waals surface area contributed by atoms with Gasteiger partial charge in [0.1, 0.15) is 35.7 Å². The van der Waals surface area contributed by atoms with E-state index in [1.54, 1.807) is 46.2 Å². The van der Waals surface area contributed by atoms with Gasteiger partial charge >= 0.3 is 0 Å². The minimum Gasteiger partial charge on any atom is -0.422 e. The fourth-order valence-electron chi connectivity index (χ4n) is 7.74. The van der Waals surface area contributed by atoms with E-state index in [1.165, 1.54) is 18.2 Å². The fraction of sp³-hybridized carbons (Fsp3) is 0.372. The van der Waals surface area contributed by atoms with E-state index in [0.717, 1.165) is 6.07 Å². The average molecular weight is 940 g/mol. The number of hydrogen-bond acceptors (Lipinski definition) is 20. The fourth-order valence-corrected chi connectivity index (χ4v) is 7.74. The smallest absolute Gasteiger partial charge is 0.297 e. The molecule has 2 saturated heterocycles. The number of pyridine rings is 4. The van der Waals surface area contributed by atoms with Gasteiger partial charge in [-0.15, -0.1) is 0 Å². The summed E-state index contributed by atoms with van der Waals surface area (Å²) in [6.45, 7) is 2.87. The quantitative estimate of drug-likeness (QED) is 0.0609. The van der Waals surface area contributed by atoms with E-state index in [4.69, 9.17) is 18.6 Å². The predicted molar refractivity (Wildman–Crippen MR) is 243 cm³/mol. The highest BCUT2D eigenvalue weighted by Gasteiger charge is 2.30. The Morgan fingerprint density at radius 1 is 0.824 bits per heavy atom. The third-order valence-electron chi connectivity index (χ3n) is 11.3. The molecule has 9 rings (SSSR count). The molecule has 7 aromatic rings. The van der Waals surface area contributed by atoms with Gasteiger partial charge in [-0.2, -0.15) is 15.1 Å². The Morgan fingerprint density at radius 2 is 1.47 bits per heavy atom. The second-order valence-corrected chi connectivity index (χ2v) is 16.0. The van der Waals surface area contributed by atoms with Crippen molar-refractivity contribution in [3.8, 4) is 11.3 Å². The average Bonchev–Trinajstić information content (AvgIpc) is 4.17. The molecule has 0 aliphatic carbocycles. The number of aliphatic hydroxyl groups excluding tert-OH is 3. The third kappa shape index (κ3) is 10.2. The van der Waals surface area contributed by atoms with Crippen molar-refractivity contribution in [2.75, 3.05) is 104 Å². The molecule has 0 saturated carbocycles. The van der Waals surface area contributed by atoms with Gasteiger partial charge in [0, 0.05) is 69.7 Å². The highest BCUT2D eigenvalue weighted by Crippen LogP contribution is 2.31. The monoisotopic (exact) mass is 939 g/mol. The molecule has 1 unspecified atom stereocenters. The maximum absolute atomic E-state index is 14.0. The molecule has 68 heavy (non-hydrogen) atoms. The number of piperazine rings is 1. The number of carbonyl (C=O) groups is 2. The minimum absolute atomic E-state index is 0.0604. The molecule has 0 aromatic carbocycles. The molecular weight excluding hydrogens is 893 g/mol. The number of carbonyl (C=O) groups excluding carboxylic acids is 2. The van der Waals surface area contributed by atoms with Crippen LogP contribution in [0.25, 0.3) is 33.7 Å². The third-order valence-corrected chi connectivity index (χ3v) is 11.3. The minimum atomic E-state index is -2.82. The number of nitrogens with one attached hydrogen (secondary N) is 4. The van der Waals surface area contributed by atoms with Crippen LogP contribution >= 0.6 is 0 Å². The Balaban J connectivity index is 0.822. The van der Waals surface area contributed by atoms with Crippen LogP contribution in [0.15, 0.2) is 69.8 Å². The number of anilines is 6. The molecule has 25 heteroatoms. The van der Waals surface area contributed by atoms with Crippen LogP contribution in [0.3, 0.4) is 0 Å². The van der Waals surface area contributed by atoms with Crippen LogP contribution in [-0.2, 0) is 11.5 Å². The number of rotatable bonds is 18. The normalized spacial score (nSPS) is 16.6. The lowest BCUT2D eigenvalue weighted by atomic mass is 10.1. The molecular formula is C43H47F2N15O8. The van der Waals surface area contributed by atoms with E-state index in [-0.39, 0.29) is 115 Å². The summed E-state index contributed by atoms with van der Waals surface area (Å²) in [5.74, 6) is -0.291. The van der Waals surface area contributed by atoms with Crippen molar-refractivity contribution in [3.05, 3.63) is 77.7 Å². The van der Waals surface area contributed by atoms with Gasteiger partial charge in [-0.3, -0.25) is 14.5 Å². The van der Waals surface area contributed by atoms with Crippen LogP contribution in [0, 0.1) is 0 Å². The van der Waals surface area contributed by atoms with E-state index in [0.29, 0.717) is 49.7 Å². The molecule has 0 bridgehead atoms. The first kappa shape index (κ1) is 45.7. The Morgan fingerprint density at radius 3 is 2.10 bits per heavy atom. The van der Waals surface area contributed by atoms with Gasteiger partial charge in [-0.05, 0) is 37.7 Å². The number of β-amino-alcohol motifs (C(OH)–C–C–N with tert-alkyl or cyclic N) is 1. The molecule has 23 nitrogen and oxygen atoms in total. The first-order valence-corrected chi connectivity index (χ1v) is 21.7. The summed E-state index contributed by atoms with van der Waals surface area (Å²) in [4.78, 5) is 59.8. The number of nitrogens with zero attached hydrogens (tertiary/aromatic N) is 11. The molecule has 7 aromatic heterocycles. The number of hydrogen-bond donors (Lipinski definition) is 7. The molecule has 7 N–H and O–H groups in total. The maximum Gasteiger partial charge on any atom is 0.297 e. The van der Waals surface area contributed by atoms with Gasteiger partial charge in [0.25, 0.3) is 30.3 Å². The molecule has 2 aliphatic rings. The summed E-state index contributed by atoms with van der Waals surface area (Å²) >= 11 is 0. The van der Waals surface area contributed by atoms with Gasteiger partial charge in [0.05, 0.1) is 55.0 Å². The van der Waals surface area contributed by atoms with Crippen molar-refractivity contribution in [3.63, 3.8) is 0 Å². The van der Waals surface area contributed by atoms with Crippen molar-refractivity contribution >= 4 is 69.6 Å². The van der Waals surface area contributed by atoms with Gasteiger partial charge in [-0.25, -0.2) is 33.4 Å². The van der Waals surface area contributed by atoms with Gasteiger partial charge in [0.2, 0.25) is 11.3 Å². The predicted octanol–water partition coefficient (Wildman–Crippen LogP) is 3.03. The van der Waals surface area contributed by atoms with Crippen LogP contribution < -0.4 is 31.1 Å². The van der Waals surface area contributed by atoms with E-state index in [9.17, 15) is 33.7 Å². The van der Waals surface area contributed by atoms with E-state index < -0.39 is 30.0 Å². The van der Waals surface area contributed by atoms with Crippen molar-refractivity contribution in [1.82, 2.24) is 44.6 Å². The van der Waals surface area contributed by atoms with Crippen LogP contribution in [0.1, 0.15) is 39.3 Å². The summed E-state index contributed by atoms with van der Waals surface area (Å²) in [6, 6.07) is 12.3. The van der Waals surface area contributed by atoms with E-state index in [2.05, 4.69) is 56.2 Å². The molecule has 2 amide bonds. The molecule has 2 aliphatic heterocycles. The van der Waals surface area contributed by atoms with E-state index in [1.807, 2.05) is 11.9 Å². The number of aromatic nitrogens is 8. The van der Waals surface area contributed by atoms with Gasteiger partial charge < -0.3 is 60.0 Å². The van der Waals surface area contributed by atoms with Crippen LogP contribution in [0.2, 0.25) is 0 Å². The number of ether oxygens (including phenoxy) is 1. The summed E-state index contributed by atoms with van der Waals surface area (Å²) in [5.41, 5.74) is 1.98. The summed E-state index contributed by atoms with van der Waals surface area (Å²) in [5, 5.41) is 45.2. The Kier molecular flexibility index (Phi) is 13.6. The van der Waals surface area contributed by atoms with Crippen LogP contribution in [-0.4, -0.2) is 157 Å². The second-order valence-electron chi connectivity index (χ2n) is 16.0. The molecule has 0 radical (unpaired) electrons. The second kappa shape index (κ2) is 20.2. The lowest BCUT2D eigenvalue weighted by Crippen LogP contribution is -2.53. The van der Waals surface area contributed by atoms with Crippen LogP contribution in [0.4, 0.5) is 44.1 Å². The number of aliphatic hydroxyl groups is 3. The van der Waals surface area contributed by atoms with Gasteiger partial charge in [-0.1, -0.05) is 12.1 Å². The number of oxazole rings is 2. The lowest BCUT2D eigenvalue weighted by molar-refractivity contribution is 0.0763. The number of amides is 2. The highest BCUT2D eigenvalue weighted by molar-refractivity contribution is 6.09.